The first-order chi connectivity index (χ1) is 25.3. The van der Waals surface area contributed by atoms with Crippen LogP contribution in [0.25, 0.3) is 66.7 Å². The number of para-hydroxylation sites is 2. The highest BCUT2D eigenvalue weighted by Gasteiger charge is 2.51. The SMILES string of the molecule is c1ccc(-c2cc(-c3ccccc3)nc(-c3cccc4c3oc3ccc5c(c34)Oc3ccccc3C53c4ccccc4-c4ccccc43)c2)cc1. The van der Waals surface area contributed by atoms with Gasteiger partial charge in [-0.05, 0) is 69.8 Å². The van der Waals surface area contributed by atoms with Crippen molar-refractivity contribution in [3.05, 3.63) is 198 Å². The van der Waals surface area contributed by atoms with Crippen LogP contribution in [0.4, 0.5) is 0 Å². The van der Waals surface area contributed by atoms with Crippen LogP contribution in [0.1, 0.15) is 22.3 Å². The summed E-state index contributed by atoms with van der Waals surface area (Å²) in [4.78, 5) is 5.25. The molecule has 0 radical (unpaired) electrons. The van der Waals surface area contributed by atoms with Gasteiger partial charge in [0.05, 0.1) is 22.2 Å². The van der Waals surface area contributed by atoms with Crippen LogP contribution in [-0.2, 0) is 5.41 Å². The topological polar surface area (TPSA) is 35.3 Å². The molecule has 0 saturated heterocycles. The smallest absolute Gasteiger partial charge is 0.144 e. The standard InChI is InChI=1S/C48H29NO2/c1-3-14-30(15-4-1)32-28-41(31-16-5-2-6-17-31)49-42(29-32)35-20-13-21-36-45-44(51-46(35)36)27-26-40-47(45)50-43-25-12-11-24-39(43)48(40)37-22-9-7-18-33(37)34-19-8-10-23-38(34)48/h1-29H. The second kappa shape index (κ2) is 10.6. The van der Waals surface area contributed by atoms with Crippen LogP contribution in [0.3, 0.4) is 0 Å². The first-order valence-corrected chi connectivity index (χ1v) is 17.4. The molecule has 0 fully saturated rings. The maximum atomic E-state index is 7.00. The summed E-state index contributed by atoms with van der Waals surface area (Å²) in [5.74, 6) is 1.70. The van der Waals surface area contributed by atoms with Crippen LogP contribution in [-0.4, -0.2) is 4.98 Å². The molecule has 9 aromatic rings. The van der Waals surface area contributed by atoms with Crippen LogP contribution in [0.15, 0.2) is 180 Å². The van der Waals surface area contributed by atoms with Gasteiger partial charge in [0.1, 0.15) is 22.7 Å². The van der Waals surface area contributed by atoms with E-state index in [4.69, 9.17) is 14.1 Å². The predicted octanol–water partition coefficient (Wildman–Crippen LogP) is 12.5. The quantitative estimate of drug-likeness (QED) is 0.191. The van der Waals surface area contributed by atoms with E-state index in [9.17, 15) is 0 Å². The summed E-state index contributed by atoms with van der Waals surface area (Å²) in [6.07, 6.45) is 0. The van der Waals surface area contributed by atoms with Crippen molar-refractivity contribution in [3.8, 4) is 56.3 Å². The van der Waals surface area contributed by atoms with E-state index < -0.39 is 5.41 Å². The monoisotopic (exact) mass is 651 g/mol. The van der Waals surface area contributed by atoms with Crippen LogP contribution in [0.5, 0.6) is 11.5 Å². The number of hydrogen-bond acceptors (Lipinski definition) is 3. The van der Waals surface area contributed by atoms with Crippen molar-refractivity contribution in [3.63, 3.8) is 0 Å². The summed E-state index contributed by atoms with van der Waals surface area (Å²) in [6, 6.07) is 62.1. The van der Waals surface area contributed by atoms with Gasteiger partial charge in [0.2, 0.25) is 0 Å². The average Bonchev–Trinajstić information content (AvgIpc) is 3.73. The maximum Gasteiger partial charge on any atom is 0.144 e. The number of furan rings is 1. The Kier molecular flexibility index (Phi) is 5.88. The molecular formula is C48H29NO2. The van der Waals surface area contributed by atoms with E-state index in [0.717, 1.165) is 78.2 Å². The maximum absolute atomic E-state index is 7.00. The first-order valence-electron chi connectivity index (χ1n) is 17.4. The van der Waals surface area contributed by atoms with Crippen LogP contribution < -0.4 is 4.74 Å². The number of aromatic nitrogens is 1. The van der Waals surface area contributed by atoms with E-state index in [1.165, 1.54) is 22.3 Å². The number of ether oxygens (including phenoxy) is 1. The molecule has 238 valence electrons. The Labute approximate surface area is 295 Å². The van der Waals surface area contributed by atoms with E-state index in [2.05, 4.69) is 164 Å². The molecule has 0 N–H and O–H groups in total. The third-order valence-corrected chi connectivity index (χ3v) is 10.8. The summed E-state index contributed by atoms with van der Waals surface area (Å²) < 4.78 is 13.9. The van der Waals surface area contributed by atoms with Crippen molar-refractivity contribution in [2.24, 2.45) is 0 Å². The summed E-state index contributed by atoms with van der Waals surface area (Å²) >= 11 is 0. The lowest BCUT2D eigenvalue weighted by atomic mass is 9.66. The van der Waals surface area contributed by atoms with E-state index in [0.29, 0.717) is 0 Å². The number of pyridine rings is 1. The summed E-state index contributed by atoms with van der Waals surface area (Å²) in [7, 11) is 0. The minimum Gasteiger partial charge on any atom is -0.456 e. The highest BCUT2D eigenvalue weighted by Crippen LogP contribution is 2.63. The molecule has 51 heavy (non-hydrogen) atoms. The molecule has 0 bridgehead atoms. The molecule has 0 amide bonds. The largest absolute Gasteiger partial charge is 0.456 e. The Morgan fingerprint density at radius 3 is 1.78 bits per heavy atom. The van der Waals surface area contributed by atoms with Gasteiger partial charge < -0.3 is 9.15 Å². The molecule has 11 rings (SSSR count). The number of benzene rings is 7. The van der Waals surface area contributed by atoms with Gasteiger partial charge in [-0.25, -0.2) is 4.98 Å². The summed E-state index contributed by atoms with van der Waals surface area (Å²) in [6.45, 7) is 0. The molecule has 0 saturated carbocycles. The molecule has 3 heterocycles. The van der Waals surface area contributed by atoms with Gasteiger partial charge in [0, 0.05) is 27.6 Å². The van der Waals surface area contributed by atoms with E-state index in [-0.39, 0.29) is 0 Å². The Bertz CT molecular complexity index is 2730. The molecule has 7 aromatic carbocycles. The Morgan fingerprint density at radius 2 is 1.04 bits per heavy atom. The zero-order chi connectivity index (χ0) is 33.5. The molecule has 3 heteroatoms. The Hall–Kier alpha value is -6.71. The normalized spacial score (nSPS) is 13.4. The number of nitrogens with zero attached hydrogens (tertiary/aromatic N) is 1. The fourth-order valence-corrected chi connectivity index (χ4v) is 8.62. The highest BCUT2D eigenvalue weighted by atomic mass is 16.5. The predicted molar refractivity (Wildman–Crippen MR) is 205 cm³/mol. The molecule has 2 aromatic heterocycles. The molecule has 1 aliphatic carbocycles. The second-order valence-electron chi connectivity index (χ2n) is 13.4. The second-order valence-corrected chi connectivity index (χ2v) is 13.4. The Balaban J connectivity index is 1.19. The number of rotatable bonds is 3. The van der Waals surface area contributed by atoms with Gasteiger partial charge in [-0.2, -0.15) is 0 Å². The van der Waals surface area contributed by atoms with Crippen LogP contribution in [0.2, 0.25) is 0 Å². The van der Waals surface area contributed by atoms with Gasteiger partial charge in [-0.3, -0.25) is 0 Å². The minimum atomic E-state index is -0.539. The van der Waals surface area contributed by atoms with Gasteiger partial charge >= 0.3 is 0 Å². The zero-order valence-corrected chi connectivity index (χ0v) is 27.5. The summed E-state index contributed by atoms with van der Waals surface area (Å²) in [5, 5.41) is 1.98. The van der Waals surface area contributed by atoms with Crippen molar-refractivity contribution in [2.45, 2.75) is 5.41 Å². The zero-order valence-electron chi connectivity index (χ0n) is 27.5. The van der Waals surface area contributed by atoms with Crippen LogP contribution >= 0.6 is 0 Å². The average molecular weight is 652 g/mol. The van der Waals surface area contributed by atoms with Crippen molar-refractivity contribution < 1.29 is 9.15 Å². The number of hydrogen-bond donors (Lipinski definition) is 0. The molecular weight excluding hydrogens is 623 g/mol. The molecule has 0 atom stereocenters. The lowest BCUT2D eigenvalue weighted by Gasteiger charge is -2.39. The first kappa shape index (κ1) is 28.2. The summed E-state index contributed by atoms with van der Waals surface area (Å²) in [5.41, 5.74) is 14.4. The molecule has 0 unspecified atom stereocenters. The third kappa shape index (κ3) is 3.92. The van der Waals surface area contributed by atoms with Crippen molar-refractivity contribution >= 4 is 21.9 Å². The van der Waals surface area contributed by atoms with E-state index in [1.54, 1.807) is 0 Å². The van der Waals surface area contributed by atoms with E-state index in [1.807, 2.05) is 12.1 Å². The third-order valence-electron chi connectivity index (χ3n) is 10.8. The van der Waals surface area contributed by atoms with Gasteiger partial charge in [0.15, 0.2) is 0 Å². The van der Waals surface area contributed by atoms with E-state index >= 15 is 0 Å². The highest BCUT2D eigenvalue weighted by molar-refractivity contribution is 6.13. The van der Waals surface area contributed by atoms with Crippen molar-refractivity contribution in [2.75, 3.05) is 0 Å². The molecule has 3 nitrogen and oxygen atoms in total. The van der Waals surface area contributed by atoms with Gasteiger partial charge in [-0.15, -0.1) is 0 Å². The lowest BCUT2D eigenvalue weighted by molar-refractivity contribution is 0.441. The minimum absolute atomic E-state index is 0.539. The van der Waals surface area contributed by atoms with Crippen molar-refractivity contribution in [1.29, 1.82) is 0 Å². The van der Waals surface area contributed by atoms with Crippen molar-refractivity contribution in [1.82, 2.24) is 4.98 Å². The van der Waals surface area contributed by atoms with Crippen LogP contribution in [0, 0.1) is 0 Å². The molecule has 1 aliphatic heterocycles. The van der Waals surface area contributed by atoms with Gasteiger partial charge in [-0.1, -0.05) is 140 Å². The fraction of sp³-hybridized carbons (Fsp3) is 0.0208. The molecule has 2 aliphatic rings. The lowest BCUT2D eigenvalue weighted by Crippen LogP contribution is -2.32. The number of fused-ring (bicyclic) bond motifs is 13. The Morgan fingerprint density at radius 1 is 0.431 bits per heavy atom. The fourth-order valence-electron chi connectivity index (χ4n) is 8.62. The molecule has 1 spiro atoms. The van der Waals surface area contributed by atoms with Gasteiger partial charge in [0.25, 0.3) is 0 Å².